The number of benzene rings is 1. The Morgan fingerprint density at radius 2 is 1.96 bits per heavy atom. The number of nitrogens with zero attached hydrogens (tertiary/aromatic N) is 6. The summed E-state index contributed by atoms with van der Waals surface area (Å²) in [5.41, 5.74) is 4.34. The van der Waals surface area contributed by atoms with Crippen molar-refractivity contribution in [3.8, 4) is 0 Å². The predicted molar refractivity (Wildman–Crippen MR) is 102 cm³/mol. The van der Waals surface area contributed by atoms with Crippen molar-refractivity contribution < 1.29 is 0 Å². The average Bonchev–Trinajstić information content (AvgIpc) is 3.29. The number of hydrogen-bond acceptors (Lipinski definition) is 6. The monoisotopic (exact) mass is 360 g/mol. The lowest BCUT2D eigenvalue weighted by molar-refractivity contribution is 0.201. The van der Waals surface area contributed by atoms with Crippen molar-refractivity contribution in [3.05, 3.63) is 66.0 Å². The lowest BCUT2D eigenvalue weighted by Crippen LogP contribution is -2.33. The lowest BCUT2D eigenvalue weighted by Gasteiger charge is -2.26. The van der Waals surface area contributed by atoms with Gasteiger partial charge in [-0.15, -0.1) is 0 Å². The van der Waals surface area contributed by atoms with E-state index in [0.29, 0.717) is 12.5 Å². The van der Waals surface area contributed by atoms with E-state index in [1.807, 2.05) is 18.2 Å². The minimum absolute atomic E-state index is 0.619. The van der Waals surface area contributed by atoms with Crippen LogP contribution in [0.3, 0.4) is 0 Å². The fourth-order valence-corrected chi connectivity index (χ4v) is 3.45. The summed E-state index contributed by atoms with van der Waals surface area (Å²) in [5, 5.41) is 7.90. The summed E-state index contributed by atoms with van der Waals surface area (Å²) in [6.45, 7) is 4.14. The number of para-hydroxylation sites is 2. The Kier molecular flexibility index (Phi) is 4.02. The largest absolute Gasteiger partial charge is 0.348 e. The summed E-state index contributed by atoms with van der Waals surface area (Å²) in [4.78, 5) is 18.8. The van der Waals surface area contributed by atoms with Crippen LogP contribution in [0.15, 0.2) is 48.8 Å². The Hall–Kier alpha value is -3.26. The van der Waals surface area contributed by atoms with Crippen molar-refractivity contribution in [1.82, 2.24) is 34.6 Å². The van der Waals surface area contributed by atoms with Crippen molar-refractivity contribution in [2.24, 2.45) is 0 Å². The van der Waals surface area contributed by atoms with E-state index < -0.39 is 0 Å². The first kappa shape index (κ1) is 16.0. The van der Waals surface area contributed by atoms with E-state index in [1.54, 1.807) is 18.5 Å². The Bertz CT molecular complexity index is 1020. The van der Waals surface area contributed by atoms with Crippen molar-refractivity contribution in [1.29, 1.82) is 0 Å². The van der Waals surface area contributed by atoms with Gasteiger partial charge in [0.15, 0.2) is 0 Å². The number of rotatable bonds is 5. The fourth-order valence-electron chi connectivity index (χ4n) is 3.45. The second-order valence-corrected chi connectivity index (χ2v) is 6.69. The van der Waals surface area contributed by atoms with E-state index >= 15 is 0 Å². The molecule has 27 heavy (non-hydrogen) atoms. The summed E-state index contributed by atoms with van der Waals surface area (Å²) in [6, 6.07) is 12.1. The smallest absolute Gasteiger partial charge is 0.222 e. The molecule has 136 valence electrons. The number of hydrogen-bond donors (Lipinski definition) is 2. The van der Waals surface area contributed by atoms with Crippen LogP contribution in [0.4, 0.5) is 5.95 Å². The first-order valence-corrected chi connectivity index (χ1v) is 9.06. The number of nitrogens with one attached hydrogen (secondary N) is 2. The zero-order chi connectivity index (χ0) is 18.1. The van der Waals surface area contributed by atoms with E-state index in [-0.39, 0.29) is 0 Å². The van der Waals surface area contributed by atoms with Crippen LogP contribution >= 0.6 is 0 Å². The predicted octanol–water partition coefficient (Wildman–Crippen LogP) is 2.18. The molecule has 0 saturated carbocycles. The van der Waals surface area contributed by atoms with Crippen LogP contribution in [0.5, 0.6) is 0 Å². The molecule has 1 aliphatic heterocycles. The lowest BCUT2D eigenvalue weighted by atomic mass is 10.2. The maximum Gasteiger partial charge on any atom is 0.222 e. The average molecular weight is 360 g/mol. The van der Waals surface area contributed by atoms with Gasteiger partial charge in [0.05, 0.1) is 42.1 Å². The van der Waals surface area contributed by atoms with Gasteiger partial charge in [-0.1, -0.05) is 12.1 Å². The third kappa shape index (κ3) is 3.39. The summed E-state index contributed by atoms with van der Waals surface area (Å²) in [6.07, 6.45) is 3.45. The van der Waals surface area contributed by atoms with Gasteiger partial charge in [-0.2, -0.15) is 5.10 Å². The molecule has 4 heterocycles. The first-order chi connectivity index (χ1) is 13.3. The molecule has 0 bridgehead atoms. The third-order valence-corrected chi connectivity index (χ3v) is 4.73. The molecule has 8 nitrogen and oxygen atoms in total. The number of aromatic nitrogens is 6. The number of fused-ring (bicyclic) bond motifs is 2. The van der Waals surface area contributed by atoms with Crippen molar-refractivity contribution in [2.45, 2.75) is 26.2 Å². The molecule has 0 atom stereocenters. The van der Waals surface area contributed by atoms with Crippen LogP contribution in [0, 0.1) is 0 Å². The normalized spacial score (nSPS) is 14.4. The zero-order valence-corrected chi connectivity index (χ0v) is 14.8. The molecule has 5 rings (SSSR count). The SMILES string of the molecule is c1cnc(NCc2cc3n(n2)CCN(Cc2nc4ccccc4[nH]2)C3)nc1. The second kappa shape index (κ2) is 6.81. The van der Waals surface area contributed by atoms with Crippen LogP contribution in [-0.2, 0) is 26.2 Å². The molecule has 8 heteroatoms. The second-order valence-electron chi connectivity index (χ2n) is 6.69. The van der Waals surface area contributed by atoms with E-state index in [4.69, 9.17) is 5.10 Å². The summed E-state index contributed by atoms with van der Waals surface area (Å²) >= 11 is 0. The molecule has 0 unspecified atom stereocenters. The van der Waals surface area contributed by atoms with Gasteiger partial charge in [0.1, 0.15) is 5.82 Å². The van der Waals surface area contributed by atoms with E-state index in [9.17, 15) is 0 Å². The zero-order valence-electron chi connectivity index (χ0n) is 14.8. The molecule has 4 aromatic rings. The van der Waals surface area contributed by atoms with Gasteiger partial charge < -0.3 is 10.3 Å². The highest BCUT2D eigenvalue weighted by molar-refractivity contribution is 5.74. The first-order valence-electron chi connectivity index (χ1n) is 9.06. The molecule has 1 aliphatic rings. The number of anilines is 1. The maximum absolute atomic E-state index is 4.69. The Balaban J connectivity index is 1.25. The molecular formula is C19H20N8. The van der Waals surface area contributed by atoms with Gasteiger partial charge in [0, 0.05) is 25.5 Å². The summed E-state index contributed by atoms with van der Waals surface area (Å²) in [7, 11) is 0. The van der Waals surface area contributed by atoms with E-state index in [2.05, 4.69) is 47.0 Å². The topological polar surface area (TPSA) is 87.5 Å². The minimum atomic E-state index is 0.619. The molecule has 2 N–H and O–H groups in total. The van der Waals surface area contributed by atoms with Crippen molar-refractivity contribution >= 4 is 17.0 Å². The Morgan fingerprint density at radius 3 is 2.85 bits per heavy atom. The van der Waals surface area contributed by atoms with Crippen LogP contribution in [-0.4, -0.2) is 41.2 Å². The molecular weight excluding hydrogens is 340 g/mol. The fraction of sp³-hybridized carbons (Fsp3) is 0.263. The number of imidazole rings is 1. The van der Waals surface area contributed by atoms with Gasteiger partial charge in [-0.25, -0.2) is 15.0 Å². The molecule has 0 aliphatic carbocycles. The van der Waals surface area contributed by atoms with Gasteiger partial charge in [0.2, 0.25) is 5.95 Å². The highest BCUT2D eigenvalue weighted by Crippen LogP contribution is 2.17. The molecule has 0 radical (unpaired) electrons. The van der Waals surface area contributed by atoms with Gasteiger partial charge in [-0.05, 0) is 24.3 Å². The van der Waals surface area contributed by atoms with Crippen molar-refractivity contribution in [3.63, 3.8) is 0 Å². The molecule has 0 saturated heterocycles. The summed E-state index contributed by atoms with van der Waals surface area (Å²) in [5.74, 6) is 1.63. The third-order valence-electron chi connectivity index (χ3n) is 4.73. The van der Waals surface area contributed by atoms with Gasteiger partial charge in [0.25, 0.3) is 0 Å². The minimum Gasteiger partial charge on any atom is -0.348 e. The van der Waals surface area contributed by atoms with Crippen LogP contribution in [0.1, 0.15) is 17.2 Å². The highest BCUT2D eigenvalue weighted by atomic mass is 15.3. The molecule has 3 aromatic heterocycles. The van der Waals surface area contributed by atoms with Crippen LogP contribution < -0.4 is 5.32 Å². The van der Waals surface area contributed by atoms with Gasteiger partial charge in [-0.3, -0.25) is 9.58 Å². The highest BCUT2D eigenvalue weighted by Gasteiger charge is 2.19. The van der Waals surface area contributed by atoms with Gasteiger partial charge >= 0.3 is 0 Å². The van der Waals surface area contributed by atoms with Crippen LogP contribution in [0.2, 0.25) is 0 Å². The summed E-state index contributed by atoms with van der Waals surface area (Å²) < 4.78 is 2.10. The van der Waals surface area contributed by atoms with E-state index in [0.717, 1.165) is 48.7 Å². The molecule has 0 spiro atoms. The number of aromatic amines is 1. The molecule has 0 fully saturated rings. The van der Waals surface area contributed by atoms with E-state index in [1.165, 1.54) is 5.69 Å². The quantitative estimate of drug-likeness (QED) is 0.567. The molecule has 0 amide bonds. The maximum atomic E-state index is 4.69. The Labute approximate surface area is 156 Å². The van der Waals surface area contributed by atoms with Crippen LogP contribution in [0.25, 0.3) is 11.0 Å². The molecule has 1 aromatic carbocycles. The Morgan fingerprint density at radius 1 is 1.07 bits per heavy atom. The number of H-pyrrole nitrogens is 1. The van der Waals surface area contributed by atoms with Crippen molar-refractivity contribution in [2.75, 3.05) is 11.9 Å². The standard InChI is InChI=1S/C19H20N8/c1-2-5-17-16(4-1)23-18(24-17)13-26-8-9-27-15(12-26)10-14(25-27)11-22-19-20-6-3-7-21-19/h1-7,10H,8-9,11-13H2,(H,23,24)(H,20,21,22).